The summed E-state index contributed by atoms with van der Waals surface area (Å²) in [6.45, 7) is 2.39. The fraction of sp³-hybridized carbons (Fsp3) is 0.214. The van der Waals surface area contributed by atoms with Gasteiger partial charge in [0.15, 0.2) is 0 Å². The molecule has 1 aromatic heterocycles. The van der Waals surface area contributed by atoms with E-state index in [1.807, 2.05) is 18.2 Å². The minimum absolute atomic E-state index is 0.0842. The second-order valence-electron chi connectivity index (χ2n) is 9.05. The number of halogens is 3. The zero-order valence-corrected chi connectivity index (χ0v) is 21.4. The summed E-state index contributed by atoms with van der Waals surface area (Å²) in [7, 11) is 0. The molecule has 39 heavy (non-hydrogen) atoms. The number of piperazine rings is 1. The molecule has 2 aliphatic heterocycles. The summed E-state index contributed by atoms with van der Waals surface area (Å²) in [5.74, 6) is 0.285. The van der Waals surface area contributed by atoms with E-state index in [0.29, 0.717) is 42.9 Å². The minimum atomic E-state index is -4.46. The number of anilines is 1. The number of carbonyl (C=O) groups is 3. The number of nitrogens with zero attached hydrogens (tertiary/aromatic N) is 4. The first-order chi connectivity index (χ1) is 18.7. The van der Waals surface area contributed by atoms with Crippen molar-refractivity contribution in [2.45, 2.75) is 12.7 Å². The number of carbonyl (C=O) groups excluding carboxylic acids is 3. The third kappa shape index (κ3) is 5.98. The van der Waals surface area contributed by atoms with Gasteiger partial charge in [-0.25, -0.2) is 4.98 Å². The highest BCUT2D eigenvalue weighted by Crippen LogP contribution is 2.34. The van der Waals surface area contributed by atoms with Gasteiger partial charge >= 0.3 is 6.18 Å². The van der Waals surface area contributed by atoms with Gasteiger partial charge in [-0.2, -0.15) is 13.2 Å². The number of alkyl halides is 3. The van der Waals surface area contributed by atoms with Crippen LogP contribution in [0.2, 0.25) is 0 Å². The number of pyridine rings is 1. The van der Waals surface area contributed by atoms with Crippen molar-refractivity contribution < 1.29 is 27.6 Å². The number of thioether (sulfide) groups is 1. The Hall–Kier alpha value is -4.12. The molecular formula is C28H23F3N4O3S. The molecule has 0 saturated carbocycles. The quantitative estimate of drug-likeness (QED) is 0.400. The van der Waals surface area contributed by atoms with E-state index in [0.717, 1.165) is 34.6 Å². The van der Waals surface area contributed by atoms with E-state index in [-0.39, 0.29) is 17.4 Å². The van der Waals surface area contributed by atoms with E-state index in [4.69, 9.17) is 0 Å². The fourth-order valence-electron chi connectivity index (χ4n) is 4.35. The first-order valence-corrected chi connectivity index (χ1v) is 13.0. The van der Waals surface area contributed by atoms with Gasteiger partial charge in [0.25, 0.3) is 17.1 Å². The summed E-state index contributed by atoms with van der Waals surface area (Å²) in [4.78, 5) is 47.8. The van der Waals surface area contributed by atoms with Crippen LogP contribution in [0, 0.1) is 0 Å². The largest absolute Gasteiger partial charge is 0.416 e. The molecule has 2 fully saturated rings. The minimum Gasteiger partial charge on any atom is -0.353 e. The standard InChI is InChI=1S/C28H23F3N4O3S/c29-28(30,31)22-10-6-20(7-11-22)18-35-26(37)23(39-27(35)38)17-19-4-8-21(9-5-19)25(36)34-15-13-33(14-16-34)24-3-1-2-12-32-24/h1-12,17H,13-16,18H2/b23-17-. The van der Waals surface area contributed by atoms with E-state index in [1.54, 1.807) is 41.4 Å². The Morgan fingerprint density at radius 1 is 0.923 bits per heavy atom. The first kappa shape index (κ1) is 26.5. The van der Waals surface area contributed by atoms with Crippen molar-refractivity contribution >= 4 is 40.7 Å². The van der Waals surface area contributed by atoms with E-state index in [9.17, 15) is 27.6 Å². The average molecular weight is 553 g/mol. The van der Waals surface area contributed by atoms with Crippen molar-refractivity contribution in [1.82, 2.24) is 14.8 Å². The van der Waals surface area contributed by atoms with Gasteiger partial charge in [-0.3, -0.25) is 19.3 Å². The Morgan fingerprint density at radius 2 is 1.62 bits per heavy atom. The molecular weight excluding hydrogens is 529 g/mol. The van der Waals surface area contributed by atoms with Crippen LogP contribution in [0.5, 0.6) is 0 Å². The number of hydrogen-bond acceptors (Lipinski definition) is 6. The Kier molecular flexibility index (Phi) is 7.42. The normalized spacial score (nSPS) is 17.3. The highest BCUT2D eigenvalue weighted by molar-refractivity contribution is 8.18. The summed E-state index contributed by atoms with van der Waals surface area (Å²) >= 11 is 0.768. The number of rotatable bonds is 5. The Labute approximate surface area is 226 Å². The summed E-state index contributed by atoms with van der Waals surface area (Å²) in [5, 5.41) is -0.497. The highest BCUT2D eigenvalue weighted by Gasteiger charge is 2.35. The van der Waals surface area contributed by atoms with Gasteiger partial charge in [-0.15, -0.1) is 0 Å². The lowest BCUT2D eigenvalue weighted by Crippen LogP contribution is -2.49. The Bertz CT molecular complexity index is 1400. The van der Waals surface area contributed by atoms with Gasteiger partial charge in [0.05, 0.1) is 17.0 Å². The van der Waals surface area contributed by atoms with E-state index < -0.39 is 22.9 Å². The first-order valence-electron chi connectivity index (χ1n) is 12.2. The van der Waals surface area contributed by atoms with Crippen LogP contribution in [0.3, 0.4) is 0 Å². The van der Waals surface area contributed by atoms with Crippen molar-refractivity contribution in [1.29, 1.82) is 0 Å². The second kappa shape index (κ2) is 10.9. The molecule has 200 valence electrons. The van der Waals surface area contributed by atoms with E-state index >= 15 is 0 Å². The Morgan fingerprint density at radius 3 is 2.23 bits per heavy atom. The zero-order valence-electron chi connectivity index (χ0n) is 20.6. The van der Waals surface area contributed by atoms with Crippen LogP contribution in [0.1, 0.15) is 27.0 Å². The molecule has 0 unspecified atom stereocenters. The van der Waals surface area contributed by atoms with Crippen molar-refractivity contribution in [3.8, 4) is 0 Å². The molecule has 11 heteroatoms. The zero-order chi connectivity index (χ0) is 27.6. The van der Waals surface area contributed by atoms with Gasteiger partial charge in [0, 0.05) is 37.9 Å². The molecule has 0 spiro atoms. The number of imide groups is 1. The predicted octanol–water partition coefficient (Wildman–Crippen LogP) is 5.30. The highest BCUT2D eigenvalue weighted by atomic mass is 32.2. The third-order valence-electron chi connectivity index (χ3n) is 6.49. The molecule has 7 nitrogen and oxygen atoms in total. The summed E-state index contributed by atoms with van der Waals surface area (Å²) < 4.78 is 38.4. The number of aromatic nitrogens is 1. The van der Waals surface area contributed by atoms with Crippen LogP contribution >= 0.6 is 11.8 Å². The molecule has 2 saturated heterocycles. The molecule has 2 aliphatic rings. The van der Waals surface area contributed by atoms with Crippen LogP contribution in [-0.4, -0.2) is 58.0 Å². The molecule has 0 aliphatic carbocycles. The van der Waals surface area contributed by atoms with Crippen LogP contribution < -0.4 is 4.90 Å². The molecule has 5 rings (SSSR count). The van der Waals surface area contributed by atoms with Gasteiger partial charge in [0.2, 0.25) is 0 Å². The smallest absolute Gasteiger partial charge is 0.353 e. The third-order valence-corrected chi connectivity index (χ3v) is 7.40. The molecule has 0 radical (unpaired) electrons. The fourth-order valence-corrected chi connectivity index (χ4v) is 5.19. The molecule has 3 heterocycles. The monoisotopic (exact) mass is 552 g/mol. The van der Waals surface area contributed by atoms with Gasteiger partial charge in [0.1, 0.15) is 5.82 Å². The number of amides is 3. The molecule has 3 aromatic rings. The van der Waals surface area contributed by atoms with Crippen molar-refractivity contribution in [3.63, 3.8) is 0 Å². The van der Waals surface area contributed by atoms with Crippen LogP contribution in [0.15, 0.2) is 77.8 Å². The summed E-state index contributed by atoms with van der Waals surface area (Å²) in [6.07, 6.45) is -1.15. The van der Waals surface area contributed by atoms with Crippen LogP contribution in [0.25, 0.3) is 6.08 Å². The number of hydrogen-bond donors (Lipinski definition) is 0. The van der Waals surface area contributed by atoms with Crippen LogP contribution in [-0.2, 0) is 17.5 Å². The molecule has 0 atom stereocenters. The summed E-state index contributed by atoms with van der Waals surface area (Å²) in [6, 6.07) is 16.9. The lowest BCUT2D eigenvalue weighted by Gasteiger charge is -2.35. The second-order valence-corrected chi connectivity index (χ2v) is 10.0. The van der Waals surface area contributed by atoms with Crippen molar-refractivity contribution in [2.75, 3.05) is 31.1 Å². The van der Waals surface area contributed by atoms with Crippen molar-refractivity contribution in [2.24, 2.45) is 0 Å². The lowest BCUT2D eigenvalue weighted by atomic mass is 10.1. The topological polar surface area (TPSA) is 73.8 Å². The van der Waals surface area contributed by atoms with E-state index in [2.05, 4.69) is 9.88 Å². The predicted molar refractivity (Wildman–Crippen MR) is 142 cm³/mol. The van der Waals surface area contributed by atoms with Gasteiger partial charge < -0.3 is 9.80 Å². The molecule has 3 amide bonds. The van der Waals surface area contributed by atoms with Crippen molar-refractivity contribution in [3.05, 3.63) is 100 Å². The maximum Gasteiger partial charge on any atom is 0.416 e. The Balaban J connectivity index is 1.20. The number of benzene rings is 2. The van der Waals surface area contributed by atoms with E-state index in [1.165, 1.54) is 12.1 Å². The van der Waals surface area contributed by atoms with Crippen LogP contribution in [0.4, 0.5) is 23.8 Å². The SMILES string of the molecule is O=C(c1ccc(/C=C2\SC(=O)N(Cc3ccc(C(F)(F)F)cc3)C2=O)cc1)N1CCN(c2ccccn2)CC1. The maximum atomic E-state index is 13.0. The van der Waals surface area contributed by atoms with Gasteiger partial charge in [-0.1, -0.05) is 30.3 Å². The molecule has 2 aromatic carbocycles. The average Bonchev–Trinajstić information content (AvgIpc) is 3.20. The molecule has 0 bridgehead atoms. The lowest BCUT2D eigenvalue weighted by molar-refractivity contribution is -0.137. The van der Waals surface area contributed by atoms with Gasteiger partial charge in [-0.05, 0) is 65.4 Å². The summed E-state index contributed by atoms with van der Waals surface area (Å²) in [5.41, 5.74) is 0.782. The molecule has 0 N–H and O–H groups in total. The maximum absolute atomic E-state index is 13.0.